The fourth-order valence-electron chi connectivity index (χ4n) is 0.958. The maximum Gasteiger partial charge on any atom is 0.167 e. The van der Waals surface area contributed by atoms with E-state index in [-0.39, 0.29) is 17.1 Å². The summed E-state index contributed by atoms with van der Waals surface area (Å²) in [6.07, 6.45) is 0. The Morgan fingerprint density at radius 1 is 1.67 bits per heavy atom. The van der Waals surface area contributed by atoms with Gasteiger partial charge in [-0.05, 0) is 19.1 Å². The Balaban J connectivity index is 3.18. The van der Waals surface area contributed by atoms with Crippen molar-refractivity contribution in [2.75, 3.05) is 7.04 Å². The monoisotopic (exact) mass is 169 g/mol. The highest BCUT2D eigenvalue weighted by atomic mass is 16.5. The van der Waals surface area contributed by atoms with E-state index < -0.39 is 12.8 Å². The molecule has 3 heteroatoms. The zero-order valence-electron chi connectivity index (χ0n) is 9.50. The summed E-state index contributed by atoms with van der Waals surface area (Å²) in [5, 5.41) is 9.37. The second-order valence-corrected chi connectivity index (χ2v) is 2.31. The van der Waals surface area contributed by atoms with Crippen LogP contribution < -0.4 is 4.74 Å². The fraction of sp³-hybridized carbons (Fsp3) is 0.222. The summed E-state index contributed by atoms with van der Waals surface area (Å²) >= 11 is 0. The summed E-state index contributed by atoms with van der Waals surface area (Å²) in [6, 6.07) is 4.02. The molecular formula is C9H10O3. The van der Waals surface area contributed by atoms with E-state index in [0.717, 1.165) is 0 Å². The first kappa shape index (κ1) is 5.19. The molecule has 0 aliphatic rings. The molecule has 0 saturated carbocycles. The van der Waals surface area contributed by atoms with E-state index in [2.05, 4.69) is 4.74 Å². The van der Waals surface area contributed by atoms with Crippen molar-refractivity contribution < 1.29 is 18.8 Å². The van der Waals surface area contributed by atoms with Crippen LogP contribution in [-0.2, 0) is 0 Å². The highest BCUT2D eigenvalue weighted by Crippen LogP contribution is 2.27. The molecule has 0 amide bonds. The molecule has 0 spiro atoms. The van der Waals surface area contributed by atoms with Crippen LogP contribution in [0.3, 0.4) is 0 Å². The molecule has 0 aliphatic carbocycles. The molecule has 12 heavy (non-hydrogen) atoms. The van der Waals surface area contributed by atoms with Gasteiger partial charge in [0.05, 0.1) is 11.2 Å². The van der Waals surface area contributed by atoms with Gasteiger partial charge in [0.1, 0.15) is 17.1 Å². The Kier molecular flexibility index (Phi) is 1.41. The van der Waals surface area contributed by atoms with Crippen molar-refractivity contribution in [3.8, 4) is 11.5 Å². The SMILES string of the molecule is [2H]C([2H])([2H])Oc1cccc(O)c1C(C)=O. The summed E-state index contributed by atoms with van der Waals surface area (Å²) in [5.41, 5.74) is -0.117. The zero-order chi connectivity index (χ0) is 11.6. The Morgan fingerprint density at radius 3 is 3.00 bits per heavy atom. The summed E-state index contributed by atoms with van der Waals surface area (Å²) < 4.78 is 25.3. The first-order valence-corrected chi connectivity index (χ1v) is 3.33. The van der Waals surface area contributed by atoms with Crippen LogP contribution in [0.4, 0.5) is 0 Å². The van der Waals surface area contributed by atoms with Gasteiger partial charge in [-0.15, -0.1) is 0 Å². The van der Waals surface area contributed by atoms with Crippen molar-refractivity contribution >= 4 is 5.78 Å². The lowest BCUT2D eigenvalue weighted by molar-refractivity contribution is 0.101. The number of carbonyl (C=O) groups excluding carboxylic acids is 1. The zero-order valence-corrected chi connectivity index (χ0v) is 6.50. The van der Waals surface area contributed by atoms with Gasteiger partial charge in [0.2, 0.25) is 0 Å². The fourth-order valence-corrected chi connectivity index (χ4v) is 0.958. The lowest BCUT2D eigenvalue weighted by Crippen LogP contribution is -1.97. The summed E-state index contributed by atoms with van der Waals surface area (Å²) in [7, 11) is -2.64. The number of methoxy groups -OCH3 is 1. The molecule has 64 valence electrons. The molecule has 0 aliphatic heterocycles. The highest BCUT2D eigenvalue weighted by molar-refractivity contribution is 5.99. The van der Waals surface area contributed by atoms with Crippen molar-refractivity contribution in [2.45, 2.75) is 6.92 Å². The van der Waals surface area contributed by atoms with E-state index in [4.69, 9.17) is 4.11 Å². The van der Waals surface area contributed by atoms with Gasteiger partial charge >= 0.3 is 0 Å². The second-order valence-electron chi connectivity index (χ2n) is 2.31. The first-order valence-electron chi connectivity index (χ1n) is 4.83. The topological polar surface area (TPSA) is 46.5 Å². The minimum atomic E-state index is -2.64. The van der Waals surface area contributed by atoms with Crippen LogP contribution in [0.25, 0.3) is 0 Å². The molecule has 0 fully saturated rings. The van der Waals surface area contributed by atoms with Gasteiger partial charge in [0, 0.05) is 0 Å². The predicted octanol–water partition coefficient (Wildman–Crippen LogP) is 1.60. The van der Waals surface area contributed by atoms with E-state index in [0.29, 0.717) is 0 Å². The van der Waals surface area contributed by atoms with E-state index >= 15 is 0 Å². The van der Waals surface area contributed by atoms with Crippen LogP contribution in [0.5, 0.6) is 11.5 Å². The largest absolute Gasteiger partial charge is 0.507 e. The number of hydrogen-bond acceptors (Lipinski definition) is 3. The van der Waals surface area contributed by atoms with Crippen LogP contribution in [0, 0.1) is 0 Å². The second kappa shape index (κ2) is 3.26. The Morgan fingerprint density at radius 2 is 2.42 bits per heavy atom. The van der Waals surface area contributed by atoms with Crippen molar-refractivity contribution in [1.82, 2.24) is 0 Å². The van der Waals surface area contributed by atoms with Gasteiger partial charge in [0.25, 0.3) is 0 Å². The van der Waals surface area contributed by atoms with Gasteiger partial charge in [-0.3, -0.25) is 4.79 Å². The Hall–Kier alpha value is -1.51. The molecule has 0 unspecified atom stereocenters. The summed E-state index contributed by atoms with van der Waals surface area (Å²) in [5.74, 6) is -0.876. The number of phenols is 1. The number of phenolic OH excluding ortho intramolecular Hbond substituents is 1. The van der Waals surface area contributed by atoms with Crippen molar-refractivity contribution in [1.29, 1.82) is 0 Å². The third-order valence-corrected chi connectivity index (χ3v) is 1.47. The van der Waals surface area contributed by atoms with Crippen molar-refractivity contribution in [3.05, 3.63) is 23.8 Å². The third-order valence-electron chi connectivity index (χ3n) is 1.47. The summed E-state index contributed by atoms with van der Waals surface area (Å²) in [4.78, 5) is 11.1. The van der Waals surface area contributed by atoms with Crippen LogP contribution in [-0.4, -0.2) is 17.9 Å². The number of ketones is 1. The molecule has 1 N–H and O–H groups in total. The standard InChI is InChI=1S/C9H10O3/c1-6(10)9-7(11)4-3-5-8(9)12-2/h3-5,11H,1-2H3/i2D3. The lowest BCUT2D eigenvalue weighted by Gasteiger charge is -2.06. The molecule has 1 aromatic rings. The van der Waals surface area contributed by atoms with E-state index in [1.54, 1.807) is 0 Å². The quantitative estimate of drug-likeness (QED) is 0.684. The molecule has 0 saturated heterocycles. The van der Waals surface area contributed by atoms with Gasteiger partial charge in [-0.1, -0.05) is 6.07 Å². The molecule has 0 atom stereocenters. The number of rotatable bonds is 2. The minimum Gasteiger partial charge on any atom is -0.507 e. The van der Waals surface area contributed by atoms with Gasteiger partial charge in [-0.25, -0.2) is 0 Å². The lowest BCUT2D eigenvalue weighted by atomic mass is 10.1. The van der Waals surface area contributed by atoms with Crippen LogP contribution in [0.1, 0.15) is 21.4 Å². The van der Waals surface area contributed by atoms with E-state index in [1.165, 1.54) is 25.1 Å². The Labute approximate surface area is 74.8 Å². The third kappa shape index (κ3) is 1.39. The van der Waals surface area contributed by atoms with Gasteiger partial charge in [0.15, 0.2) is 5.78 Å². The van der Waals surface area contributed by atoms with Crippen LogP contribution in [0.2, 0.25) is 0 Å². The van der Waals surface area contributed by atoms with Gasteiger partial charge in [-0.2, -0.15) is 0 Å². The summed E-state index contributed by atoms with van der Waals surface area (Å²) in [6.45, 7) is 1.22. The number of carbonyl (C=O) groups is 1. The molecule has 1 rings (SSSR count). The van der Waals surface area contributed by atoms with Crippen LogP contribution >= 0.6 is 0 Å². The van der Waals surface area contributed by atoms with E-state index in [1.807, 2.05) is 0 Å². The molecule has 0 radical (unpaired) electrons. The number of Topliss-reactive ketones (excluding diaryl/α,β-unsaturated/α-hetero) is 1. The normalized spacial score (nSPS) is 14.2. The molecular weight excluding hydrogens is 156 g/mol. The first-order chi connectivity index (χ1) is 6.81. The molecule has 0 heterocycles. The minimum absolute atomic E-state index is 0.117. The maximum atomic E-state index is 11.1. The number of aromatic hydroxyl groups is 1. The Bertz CT molecular complexity index is 385. The highest BCUT2D eigenvalue weighted by Gasteiger charge is 2.11. The van der Waals surface area contributed by atoms with Crippen molar-refractivity contribution in [2.24, 2.45) is 0 Å². The van der Waals surface area contributed by atoms with Crippen molar-refractivity contribution in [3.63, 3.8) is 0 Å². The predicted molar refractivity (Wildman–Crippen MR) is 44.7 cm³/mol. The smallest absolute Gasteiger partial charge is 0.167 e. The number of benzene rings is 1. The maximum absolute atomic E-state index is 11.1. The number of ether oxygens (including phenoxy) is 1. The van der Waals surface area contributed by atoms with Gasteiger partial charge < -0.3 is 9.84 Å². The van der Waals surface area contributed by atoms with E-state index in [9.17, 15) is 9.90 Å². The average Bonchev–Trinajstić information content (AvgIpc) is 1.99. The molecule has 0 aromatic heterocycles. The molecule has 3 nitrogen and oxygen atoms in total. The van der Waals surface area contributed by atoms with Crippen LogP contribution in [0.15, 0.2) is 18.2 Å². The molecule has 0 bridgehead atoms. The number of hydrogen-bond donors (Lipinski definition) is 1. The molecule has 1 aromatic carbocycles. The average molecular weight is 169 g/mol.